The highest BCUT2D eigenvalue weighted by molar-refractivity contribution is 5.95. The van der Waals surface area contributed by atoms with Gasteiger partial charge >= 0.3 is 0 Å². The van der Waals surface area contributed by atoms with E-state index in [0.29, 0.717) is 6.54 Å². The van der Waals surface area contributed by atoms with E-state index in [4.69, 9.17) is 0 Å². The molecule has 3 aromatic heterocycles. The molecule has 0 spiro atoms. The van der Waals surface area contributed by atoms with E-state index in [0.717, 1.165) is 41.2 Å². The standard InChI is InChI=1S/C23H21F2N5O/c1-14-7-15(13-30(14)23(31)18-3-2-4-19(24)22(18)25)12-29-6-5-16-8-20(26-11-21(16)29)17-9-27-28-10-17/h2-6,8-11,14-15H,7,12-13H2,1H3,(H,27,28)/t14-,15+/m0/s1. The van der Waals surface area contributed by atoms with E-state index in [1.54, 1.807) is 17.3 Å². The van der Waals surface area contributed by atoms with E-state index in [1.807, 2.05) is 31.5 Å². The van der Waals surface area contributed by atoms with Gasteiger partial charge in [-0.15, -0.1) is 0 Å². The number of fused-ring (bicyclic) bond motifs is 1. The molecule has 158 valence electrons. The zero-order valence-corrected chi connectivity index (χ0v) is 16.9. The third kappa shape index (κ3) is 3.48. The molecule has 1 fully saturated rings. The van der Waals surface area contributed by atoms with Crippen molar-refractivity contribution in [3.05, 3.63) is 72.3 Å². The number of aromatic nitrogens is 4. The van der Waals surface area contributed by atoms with Crippen LogP contribution in [0.5, 0.6) is 0 Å². The smallest absolute Gasteiger partial charge is 0.257 e. The third-order valence-electron chi connectivity index (χ3n) is 6.01. The number of rotatable bonds is 4. The number of benzene rings is 1. The number of hydrogen-bond acceptors (Lipinski definition) is 3. The minimum atomic E-state index is -1.08. The summed E-state index contributed by atoms with van der Waals surface area (Å²) < 4.78 is 29.8. The number of nitrogens with zero attached hydrogens (tertiary/aromatic N) is 4. The van der Waals surface area contributed by atoms with Crippen LogP contribution in [0.4, 0.5) is 8.78 Å². The molecule has 1 aromatic carbocycles. The number of amides is 1. The van der Waals surface area contributed by atoms with E-state index < -0.39 is 17.5 Å². The molecule has 0 radical (unpaired) electrons. The van der Waals surface area contributed by atoms with Crippen LogP contribution in [0.25, 0.3) is 22.2 Å². The second-order valence-corrected chi connectivity index (χ2v) is 8.09. The molecule has 0 saturated carbocycles. The molecule has 1 aliphatic heterocycles. The van der Waals surface area contributed by atoms with Gasteiger partial charge in [0.2, 0.25) is 0 Å². The maximum atomic E-state index is 14.1. The van der Waals surface area contributed by atoms with Gasteiger partial charge < -0.3 is 9.47 Å². The van der Waals surface area contributed by atoms with Crippen molar-refractivity contribution in [2.24, 2.45) is 5.92 Å². The van der Waals surface area contributed by atoms with Gasteiger partial charge in [-0.05, 0) is 43.5 Å². The van der Waals surface area contributed by atoms with Gasteiger partial charge in [-0.1, -0.05) is 6.07 Å². The maximum Gasteiger partial charge on any atom is 0.257 e. The molecule has 4 heterocycles. The second kappa shape index (κ2) is 7.61. The lowest BCUT2D eigenvalue weighted by Gasteiger charge is -2.22. The molecule has 0 bridgehead atoms. The fourth-order valence-corrected chi connectivity index (χ4v) is 4.46. The molecule has 1 amide bonds. The SMILES string of the molecule is C[C@H]1C[C@H](Cn2ccc3cc(-c4cn[nH]c4)ncc32)CN1C(=O)c1cccc(F)c1F. The lowest BCUT2D eigenvalue weighted by atomic mass is 10.1. The first kappa shape index (κ1) is 19.4. The van der Waals surface area contributed by atoms with Crippen LogP contribution in [-0.2, 0) is 6.54 Å². The van der Waals surface area contributed by atoms with Crippen LogP contribution < -0.4 is 0 Å². The molecule has 6 nitrogen and oxygen atoms in total. The number of halogens is 2. The summed E-state index contributed by atoms with van der Waals surface area (Å²) in [5.41, 5.74) is 2.58. The fourth-order valence-electron chi connectivity index (χ4n) is 4.46. The summed E-state index contributed by atoms with van der Waals surface area (Å²) in [7, 11) is 0. The Balaban J connectivity index is 1.34. The summed E-state index contributed by atoms with van der Waals surface area (Å²) in [5.74, 6) is -2.34. The fraction of sp³-hybridized carbons (Fsp3) is 0.261. The lowest BCUT2D eigenvalue weighted by Crippen LogP contribution is -2.34. The van der Waals surface area contributed by atoms with Crippen LogP contribution in [0, 0.1) is 17.6 Å². The average molecular weight is 421 g/mol. The summed E-state index contributed by atoms with van der Waals surface area (Å²) in [6, 6.07) is 7.74. The van der Waals surface area contributed by atoms with Gasteiger partial charge in [0.25, 0.3) is 5.91 Å². The number of H-pyrrole nitrogens is 1. The summed E-state index contributed by atoms with van der Waals surface area (Å²) in [5, 5.41) is 7.84. The molecular weight excluding hydrogens is 400 g/mol. The first-order valence-corrected chi connectivity index (χ1v) is 10.2. The molecule has 1 saturated heterocycles. The van der Waals surface area contributed by atoms with Crippen LogP contribution in [-0.4, -0.2) is 43.1 Å². The molecule has 1 N–H and O–H groups in total. The van der Waals surface area contributed by atoms with Crippen molar-refractivity contribution in [3.8, 4) is 11.3 Å². The summed E-state index contributed by atoms with van der Waals surface area (Å²) in [6.07, 6.45) is 8.20. The quantitative estimate of drug-likeness (QED) is 0.536. The number of hydrogen-bond donors (Lipinski definition) is 1. The van der Waals surface area contributed by atoms with Crippen molar-refractivity contribution in [1.82, 2.24) is 24.6 Å². The Morgan fingerprint density at radius 3 is 2.94 bits per heavy atom. The van der Waals surface area contributed by atoms with E-state index in [2.05, 4.69) is 19.7 Å². The zero-order valence-electron chi connectivity index (χ0n) is 16.9. The van der Waals surface area contributed by atoms with E-state index in [9.17, 15) is 13.6 Å². The van der Waals surface area contributed by atoms with E-state index in [-0.39, 0.29) is 17.5 Å². The second-order valence-electron chi connectivity index (χ2n) is 8.09. The van der Waals surface area contributed by atoms with Gasteiger partial charge in [-0.2, -0.15) is 5.10 Å². The van der Waals surface area contributed by atoms with E-state index >= 15 is 0 Å². The van der Waals surface area contributed by atoms with Crippen LogP contribution in [0.15, 0.2) is 55.1 Å². The van der Waals surface area contributed by atoms with Gasteiger partial charge in [0.05, 0.1) is 29.2 Å². The van der Waals surface area contributed by atoms with Gasteiger partial charge in [0.15, 0.2) is 11.6 Å². The zero-order chi connectivity index (χ0) is 21.5. The lowest BCUT2D eigenvalue weighted by molar-refractivity contribution is 0.0736. The molecule has 2 atom stereocenters. The third-order valence-corrected chi connectivity index (χ3v) is 6.01. The van der Waals surface area contributed by atoms with Gasteiger partial charge in [0.1, 0.15) is 0 Å². The van der Waals surface area contributed by atoms with Crippen molar-refractivity contribution < 1.29 is 13.6 Å². The Labute approximate surface area is 177 Å². The molecule has 8 heteroatoms. The largest absolute Gasteiger partial charge is 0.346 e. The van der Waals surface area contributed by atoms with Crippen molar-refractivity contribution >= 4 is 16.8 Å². The van der Waals surface area contributed by atoms with Crippen LogP contribution >= 0.6 is 0 Å². The normalized spacial score (nSPS) is 18.7. The Hall–Kier alpha value is -3.55. The minimum Gasteiger partial charge on any atom is -0.346 e. The van der Waals surface area contributed by atoms with Crippen molar-refractivity contribution in [1.29, 1.82) is 0 Å². The number of likely N-dealkylation sites (tertiary alicyclic amines) is 1. The highest BCUT2D eigenvalue weighted by atomic mass is 19.2. The molecular formula is C23H21F2N5O. The minimum absolute atomic E-state index is 0.0483. The summed E-state index contributed by atoms with van der Waals surface area (Å²) in [4.78, 5) is 19.0. The van der Waals surface area contributed by atoms with Gasteiger partial charge in [-0.25, -0.2) is 8.78 Å². The predicted molar refractivity (Wildman–Crippen MR) is 112 cm³/mol. The van der Waals surface area contributed by atoms with Gasteiger partial charge in [0, 0.05) is 42.5 Å². The average Bonchev–Trinajstić information content (AvgIpc) is 3.50. The molecule has 5 rings (SSSR count). The monoisotopic (exact) mass is 421 g/mol. The molecule has 4 aromatic rings. The predicted octanol–water partition coefficient (Wildman–Crippen LogP) is 4.26. The Kier molecular flexibility index (Phi) is 4.77. The molecule has 0 aliphatic carbocycles. The summed E-state index contributed by atoms with van der Waals surface area (Å²) in [6.45, 7) is 3.16. The first-order valence-electron chi connectivity index (χ1n) is 10.2. The Bertz CT molecular complexity index is 1250. The number of pyridine rings is 1. The van der Waals surface area contributed by atoms with Crippen molar-refractivity contribution in [2.45, 2.75) is 25.9 Å². The van der Waals surface area contributed by atoms with Crippen molar-refractivity contribution in [3.63, 3.8) is 0 Å². The highest BCUT2D eigenvalue weighted by Gasteiger charge is 2.34. The Morgan fingerprint density at radius 2 is 2.13 bits per heavy atom. The first-order chi connectivity index (χ1) is 15.0. The van der Waals surface area contributed by atoms with E-state index in [1.165, 1.54) is 12.1 Å². The number of carbonyl (C=O) groups excluding carboxylic acids is 1. The molecule has 31 heavy (non-hydrogen) atoms. The number of nitrogens with one attached hydrogen (secondary N) is 1. The number of aromatic amines is 1. The van der Waals surface area contributed by atoms with Crippen molar-refractivity contribution in [2.75, 3.05) is 6.54 Å². The molecule has 1 aliphatic rings. The van der Waals surface area contributed by atoms with Crippen LogP contribution in [0.3, 0.4) is 0 Å². The Morgan fingerprint density at radius 1 is 1.26 bits per heavy atom. The van der Waals surface area contributed by atoms with Crippen LogP contribution in [0.1, 0.15) is 23.7 Å². The summed E-state index contributed by atoms with van der Waals surface area (Å²) >= 11 is 0. The van der Waals surface area contributed by atoms with Crippen LogP contribution in [0.2, 0.25) is 0 Å². The molecule has 0 unspecified atom stereocenters. The van der Waals surface area contributed by atoms with Gasteiger partial charge in [-0.3, -0.25) is 14.9 Å². The topological polar surface area (TPSA) is 66.8 Å². The highest BCUT2D eigenvalue weighted by Crippen LogP contribution is 2.29. The maximum absolute atomic E-state index is 14.1. The number of carbonyl (C=O) groups is 1.